The second-order valence-corrected chi connectivity index (χ2v) is 5.49. The van der Waals surface area contributed by atoms with Gasteiger partial charge in [-0.1, -0.05) is 0 Å². The van der Waals surface area contributed by atoms with E-state index >= 15 is 0 Å². The van der Waals surface area contributed by atoms with Gasteiger partial charge in [-0.3, -0.25) is 10.1 Å². The molecule has 1 atom stereocenters. The first-order chi connectivity index (χ1) is 12.1. The molecule has 0 saturated carbocycles. The number of fused-ring (bicyclic) bond motifs is 1. The van der Waals surface area contributed by atoms with Gasteiger partial charge in [-0.15, -0.1) is 5.10 Å². The number of carboxylic acid groups (broad SMARTS) is 1. The van der Waals surface area contributed by atoms with Gasteiger partial charge in [0.15, 0.2) is 5.82 Å². The lowest BCUT2D eigenvalue weighted by atomic mass is 10.1. The van der Waals surface area contributed by atoms with E-state index in [2.05, 4.69) is 15.1 Å². The Morgan fingerprint density at radius 1 is 1.42 bits per heavy atom. The Morgan fingerprint density at radius 2 is 2.08 bits per heavy atom. The van der Waals surface area contributed by atoms with Gasteiger partial charge in [0.1, 0.15) is 0 Å². The van der Waals surface area contributed by atoms with Crippen molar-refractivity contribution in [3.63, 3.8) is 0 Å². The molecule has 0 radical (unpaired) electrons. The van der Waals surface area contributed by atoms with Gasteiger partial charge in [0.05, 0.1) is 11.1 Å². The number of carboxylic acids is 1. The average molecular weight is 373 g/mol. The van der Waals surface area contributed by atoms with E-state index in [1.165, 1.54) is 12.1 Å². The molecule has 140 valence electrons. The summed E-state index contributed by atoms with van der Waals surface area (Å²) in [6, 6.07) is 4.88. The smallest absolute Gasteiger partial charge is 0.475 e. The quantitative estimate of drug-likeness (QED) is 0.600. The number of alkyl halides is 3. The number of anilines is 1. The molecule has 26 heavy (non-hydrogen) atoms. The van der Waals surface area contributed by atoms with Gasteiger partial charge in [0.2, 0.25) is 0 Å². The fourth-order valence-electron chi connectivity index (χ4n) is 2.39. The predicted octanol–water partition coefficient (Wildman–Crippen LogP) is 1.71. The van der Waals surface area contributed by atoms with Gasteiger partial charge < -0.3 is 15.7 Å². The summed E-state index contributed by atoms with van der Waals surface area (Å²) in [4.78, 5) is 21.3. The summed E-state index contributed by atoms with van der Waals surface area (Å²) in [5.74, 6) is -2.01. The fourth-order valence-corrected chi connectivity index (χ4v) is 2.39. The molecule has 0 amide bonds. The lowest BCUT2D eigenvalue weighted by molar-refractivity contribution is -0.384. The van der Waals surface area contributed by atoms with E-state index in [0.717, 1.165) is 36.1 Å². The Balaban J connectivity index is 0.000000298. The molecule has 1 aliphatic heterocycles. The zero-order chi connectivity index (χ0) is 19.5. The number of benzene rings is 1. The highest BCUT2D eigenvalue weighted by Gasteiger charge is 2.38. The molecule has 3 rings (SSSR count). The minimum Gasteiger partial charge on any atom is -0.475 e. The molecule has 1 fully saturated rings. The zero-order valence-corrected chi connectivity index (χ0v) is 13.2. The number of aliphatic carboxylic acids is 1. The Labute approximate surface area is 144 Å². The van der Waals surface area contributed by atoms with E-state index in [1.807, 2.05) is 0 Å². The molecule has 12 heteroatoms. The van der Waals surface area contributed by atoms with E-state index in [4.69, 9.17) is 15.6 Å². The van der Waals surface area contributed by atoms with E-state index in [9.17, 15) is 23.3 Å². The number of nitro benzene ring substituents is 1. The Morgan fingerprint density at radius 3 is 2.58 bits per heavy atom. The minimum atomic E-state index is -5.08. The Kier molecular flexibility index (Phi) is 5.55. The second-order valence-electron chi connectivity index (χ2n) is 5.49. The average Bonchev–Trinajstić information content (AvgIpc) is 2.99. The van der Waals surface area contributed by atoms with Crippen molar-refractivity contribution in [2.45, 2.75) is 18.6 Å². The van der Waals surface area contributed by atoms with Crippen LogP contribution in [0.4, 0.5) is 24.7 Å². The summed E-state index contributed by atoms with van der Waals surface area (Å²) in [6.07, 6.45) is -2.62. The van der Waals surface area contributed by atoms with E-state index in [0.29, 0.717) is 0 Å². The molecule has 1 saturated heterocycles. The first kappa shape index (κ1) is 19.3. The van der Waals surface area contributed by atoms with E-state index < -0.39 is 17.1 Å². The van der Waals surface area contributed by atoms with Crippen molar-refractivity contribution in [3.8, 4) is 0 Å². The fraction of sp³-hybridized carbons (Fsp3) is 0.357. The number of hydrogen-bond donors (Lipinski definition) is 2. The Hall–Kier alpha value is -3.02. The molecule has 1 aromatic carbocycles. The summed E-state index contributed by atoms with van der Waals surface area (Å²) in [5, 5.41) is 27.6. The van der Waals surface area contributed by atoms with Crippen LogP contribution in [0.5, 0.6) is 0 Å². The van der Waals surface area contributed by atoms with Gasteiger partial charge in [-0.05, 0) is 12.5 Å². The van der Waals surface area contributed by atoms with Crippen molar-refractivity contribution < 1.29 is 28.0 Å². The van der Waals surface area contributed by atoms with Crippen LogP contribution in [0, 0.1) is 10.1 Å². The molecule has 2 aromatic rings. The number of non-ortho nitro benzene ring substituents is 1. The number of hydrogen-bond acceptors (Lipinski definition) is 7. The molecule has 1 aromatic heterocycles. The number of rotatable bonds is 2. The lowest BCUT2D eigenvalue weighted by Gasteiger charge is -2.17. The normalized spacial score (nSPS) is 16.9. The van der Waals surface area contributed by atoms with Crippen LogP contribution in [-0.2, 0) is 4.79 Å². The van der Waals surface area contributed by atoms with Gasteiger partial charge in [0, 0.05) is 42.0 Å². The number of aromatic nitrogens is 2. The molecule has 3 N–H and O–H groups in total. The minimum absolute atomic E-state index is 0.0598. The first-order valence-electron chi connectivity index (χ1n) is 7.30. The third kappa shape index (κ3) is 4.53. The maximum atomic E-state index is 10.8. The molecule has 1 aliphatic rings. The molecule has 1 unspecified atom stereocenters. The van der Waals surface area contributed by atoms with Crippen LogP contribution in [0.25, 0.3) is 10.8 Å². The molecular weight excluding hydrogens is 359 g/mol. The predicted molar refractivity (Wildman–Crippen MR) is 84.7 cm³/mol. The highest BCUT2D eigenvalue weighted by atomic mass is 19.4. The highest BCUT2D eigenvalue weighted by molar-refractivity contribution is 5.92. The summed E-state index contributed by atoms with van der Waals surface area (Å²) < 4.78 is 31.7. The molecule has 0 spiro atoms. The number of carbonyl (C=O) groups is 1. The van der Waals surface area contributed by atoms with Crippen LogP contribution in [0.3, 0.4) is 0 Å². The number of halogens is 3. The van der Waals surface area contributed by atoms with Crippen molar-refractivity contribution in [2.24, 2.45) is 5.73 Å². The van der Waals surface area contributed by atoms with E-state index in [-0.39, 0.29) is 11.7 Å². The maximum Gasteiger partial charge on any atom is 0.490 e. The number of nitrogens with zero attached hydrogens (tertiary/aromatic N) is 4. The highest BCUT2D eigenvalue weighted by Crippen LogP contribution is 2.28. The molecule has 0 aliphatic carbocycles. The molecule has 0 bridgehead atoms. The van der Waals surface area contributed by atoms with Gasteiger partial charge in [0.25, 0.3) is 5.69 Å². The molecule has 9 nitrogen and oxygen atoms in total. The van der Waals surface area contributed by atoms with Crippen LogP contribution in [-0.4, -0.2) is 51.5 Å². The van der Waals surface area contributed by atoms with Gasteiger partial charge in [-0.2, -0.15) is 18.3 Å². The summed E-state index contributed by atoms with van der Waals surface area (Å²) in [7, 11) is 0. The summed E-state index contributed by atoms with van der Waals surface area (Å²) >= 11 is 0. The van der Waals surface area contributed by atoms with Crippen LogP contribution in [0.1, 0.15) is 6.42 Å². The van der Waals surface area contributed by atoms with Gasteiger partial charge in [-0.25, -0.2) is 4.79 Å². The number of nitro groups is 1. The third-order valence-electron chi connectivity index (χ3n) is 3.60. The van der Waals surface area contributed by atoms with Crippen molar-refractivity contribution in [2.75, 3.05) is 18.0 Å². The largest absolute Gasteiger partial charge is 0.490 e. The SMILES string of the molecule is NC1CCN(c2nncc3cc([N+](=O)[O-])ccc23)C1.O=C(O)C(F)(F)F. The topological polar surface area (TPSA) is 135 Å². The van der Waals surface area contributed by atoms with Crippen molar-refractivity contribution in [3.05, 3.63) is 34.5 Å². The maximum absolute atomic E-state index is 10.8. The van der Waals surface area contributed by atoms with Crippen molar-refractivity contribution >= 4 is 28.2 Å². The van der Waals surface area contributed by atoms with Crippen LogP contribution < -0.4 is 10.6 Å². The first-order valence-corrected chi connectivity index (χ1v) is 7.30. The monoisotopic (exact) mass is 373 g/mol. The second kappa shape index (κ2) is 7.47. The lowest BCUT2D eigenvalue weighted by Crippen LogP contribution is -2.27. The van der Waals surface area contributed by atoms with Crippen LogP contribution in [0.15, 0.2) is 24.4 Å². The van der Waals surface area contributed by atoms with Crippen molar-refractivity contribution in [1.29, 1.82) is 0 Å². The third-order valence-corrected chi connectivity index (χ3v) is 3.60. The van der Waals surface area contributed by atoms with Gasteiger partial charge >= 0.3 is 12.1 Å². The van der Waals surface area contributed by atoms with Crippen LogP contribution in [0.2, 0.25) is 0 Å². The zero-order valence-electron chi connectivity index (χ0n) is 13.2. The molecular formula is C14H14F3N5O4. The van der Waals surface area contributed by atoms with Crippen LogP contribution >= 0.6 is 0 Å². The van der Waals surface area contributed by atoms with Crippen molar-refractivity contribution in [1.82, 2.24) is 10.2 Å². The Bertz CT molecular complexity index is 830. The number of nitrogens with two attached hydrogens (primary N) is 1. The summed E-state index contributed by atoms with van der Waals surface area (Å²) in [5.41, 5.74) is 5.95. The summed E-state index contributed by atoms with van der Waals surface area (Å²) in [6.45, 7) is 1.58. The van der Waals surface area contributed by atoms with E-state index in [1.54, 1.807) is 12.3 Å². The molecule has 2 heterocycles. The standard InChI is InChI=1S/C12H13N5O2.C2HF3O2/c13-9-3-4-16(7-9)12-11-2-1-10(17(18)19)5-8(11)6-14-15-12;3-2(4,5)1(6)7/h1-2,5-6,9H,3-4,7,13H2;(H,6,7).